The van der Waals surface area contributed by atoms with Gasteiger partial charge < -0.3 is 5.11 Å². The van der Waals surface area contributed by atoms with E-state index in [-0.39, 0.29) is 16.9 Å². The van der Waals surface area contributed by atoms with Crippen LogP contribution in [-0.4, -0.2) is 16.3 Å². The van der Waals surface area contributed by atoms with Gasteiger partial charge in [-0.3, -0.25) is 14.9 Å². The third-order valence-corrected chi connectivity index (χ3v) is 2.18. The van der Waals surface area contributed by atoms with Crippen LogP contribution in [0.4, 0.5) is 5.69 Å². The molecule has 0 aromatic heterocycles. The molecule has 7 heteroatoms. The number of hydrogen-bond donors (Lipinski definition) is 1. The van der Waals surface area contributed by atoms with Crippen LogP contribution < -0.4 is 0 Å². The molecular weight excluding hydrogens is 233 g/mol. The summed E-state index contributed by atoms with van der Waals surface area (Å²) in [5, 5.41) is 18.8. The summed E-state index contributed by atoms with van der Waals surface area (Å²) in [7, 11) is 0. The summed E-state index contributed by atoms with van der Waals surface area (Å²) < 4.78 is 0. The molecule has 0 aliphatic rings. The first-order chi connectivity index (χ1) is 6.49. The summed E-state index contributed by atoms with van der Waals surface area (Å²) in [5.41, 5.74) is -0.934. The number of aromatic hydroxyl groups is 1. The summed E-state index contributed by atoms with van der Waals surface area (Å²) in [6.07, 6.45) is 0.223. The van der Waals surface area contributed by atoms with Crippen molar-refractivity contribution < 1.29 is 14.8 Å². The highest BCUT2D eigenvalue weighted by molar-refractivity contribution is 6.40. The van der Waals surface area contributed by atoms with Crippen LogP contribution >= 0.6 is 23.2 Å². The molecule has 0 heterocycles. The number of carbonyl (C=O) groups is 1. The van der Waals surface area contributed by atoms with Crippen LogP contribution in [-0.2, 0) is 0 Å². The lowest BCUT2D eigenvalue weighted by Crippen LogP contribution is -1.94. The van der Waals surface area contributed by atoms with E-state index >= 15 is 0 Å². The third-order valence-electron chi connectivity index (χ3n) is 1.51. The van der Waals surface area contributed by atoms with Crippen LogP contribution in [0.1, 0.15) is 10.4 Å². The summed E-state index contributed by atoms with van der Waals surface area (Å²) in [5.74, 6) is -0.486. The number of phenolic OH excluding ortho intramolecular Hbond substituents is 1. The highest BCUT2D eigenvalue weighted by Gasteiger charge is 2.23. The summed E-state index contributed by atoms with van der Waals surface area (Å²) >= 11 is 11.0. The molecule has 74 valence electrons. The fourth-order valence-corrected chi connectivity index (χ4v) is 1.52. The molecule has 0 saturated carbocycles. The largest absolute Gasteiger partial charge is 0.507 e. The third kappa shape index (κ3) is 1.64. The summed E-state index contributed by atoms with van der Waals surface area (Å²) in [4.78, 5) is 20.1. The number of carbonyl (C=O) groups excluding carboxylic acids is 1. The second-order valence-corrected chi connectivity index (χ2v) is 3.11. The van der Waals surface area contributed by atoms with Gasteiger partial charge in [-0.2, -0.15) is 0 Å². The van der Waals surface area contributed by atoms with Gasteiger partial charge in [0.05, 0.1) is 10.5 Å². The zero-order chi connectivity index (χ0) is 10.9. The maximum Gasteiger partial charge on any atom is 0.307 e. The maximum atomic E-state index is 10.5. The Morgan fingerprint density at radius 3 is 2.50 bits per heavy atom. The van der Waals surface area contributed by atoms with Crippen molar-refractivity contribution in [2.75, 3.05) is 0 Å². The van der Waals surface area contributed by atoms with E-state index in [9.17, 15) is 14.9 Å². The van der Waals surface area contributed by atoms with Gasteiger partial charge >= 0.3 is 5.69 Å². The van der Waals surface area contributed by atoms with Crippen LogP contribution in [0.2, 0.25) is 10.0 Å². The van der Waals surface area contributed by atoms with Crippen molar-refractivity contribution in [1.29, 1.82) is 0 Å². The van der Waals surface area contributed by atoms with Crippen LogP contribution in [0.15, 0.2) is 6.07 Å². The molecule has 0 aliphatic carbocycles. The first kappa shape index (κ1) is 10.7. The Hall–Kier alpha value is -1.33. The van der Waals surface area contributed by atoms with Gasteiger partial charge in [-0.05, 0) is 0 Å². The molecule has 0 bridgehead atoms. The van der Waals surface area contributed by atoms with Gasteiger partial charge in [-0.1, -0.05) is 23.2 Å². The molecule has 1 rings (SSSR count). The van der Waals surface area contributed by atoms with E-state index in [1.165, 1.54) is 0 Å². The first-order valence-corrected chi connectivity index (χ1v) is 4.05. The highest BCUT2D eigenvalue weighted by atomic mass is 35.5. The second-order valence-electron chi connectivity index (χ2n) is 2.33. The maximum absolute atomic E-state index is 10.5. The normalized spacial score (nSPS) is 9.86. The van der Waals surface area contributed by atoms with Crippen molar-refractivity contribution >= 4 is 35.2 Å². The lowest BCUT2D eigenvalue weighted by molar-refractivity contribution is -0.384. The average molecular weight is 236 g/mol. The minimum Gasteiger partial charge on any atom is -0.507 e. The number of hydrogen-bond acceptors (Lipinski definition) is 4. The van der Waals surface area contributed by atoms with Crippen molar-refractivity contribution in [1.82, 2.24) is 0 Å². The van der Waals surface area contributed by atoms with Gasteiger partial charge in [-0.25, -0.2) is 0 Å². The number of halogens is 2. The van der Waals surface area contributed by atoms with Crippen LogP contribution in [0.25, 0.3) is 0 Å². The van der Waals surface area contributed by atoms with E-state index in [2.05, 4.69) is 0 Å². The molecule has 0 spiro atoms. The van der Waals surface area contributed by atoms with Crippen molar-refractivity contribution in [2.45, 2.75) is 0 Å². The van der Waals surface area contributed by atoms with Gasteiger partial charge in [0, 0.05) is 6.07 Å². The molecule has 0 radical (unpaired) electrons. The van der Waals surface area contributed by atoms with Gasteiger partial charge in [0.2, 0.25) is 0 Å². The zero-order valence-electron chi connectivity index (χ0n) is 6.53. The quantitative estimate of drug-likeness (QED) is 0.485. The number of aldehydes is 1. The molecular formula is C7H3Cl2NO4. The highest BCUT2D eigenvalue weighted by Crippen LogP contribution is 2.39. The van der Waals surface area contributed by atoms with E-state index in [0.717, 1.165) is 6.07 Å². The van der Waals surface area contributed by atoms with Crippen LogP contribution in [0.3, 0.4) is 0 Å². The standard InChI is InChI=1S/C7H3Cl2NO4/c8-4-1-5(12)3(2-11)6(9)7(4)10(13)14/h1-2,12H. The lowest BCUT2D eigenvalue weighted by Gasteiger charge is -2.02. The number of nitro groups is 1. The Kier molecular flexibility index (Phi) is 2.93. The number of phenols is 1. The van der Waals surface area contributed by atoms with Crippen molar-refractivity contribution in [3.8, 4) is 5.75 Å². The van der Waals surface area contributed by atoms with Gasteiger partial charge in [0.25, 0.3) is 0 Å². The topological polar surface area (TPSA) is 80.4 Å². The Labute approximate surface area is 88.0 Å². The smallest absolute Gasteiger partial charge is 0.307 e. The molecule has 1 N–H and O–H groups in total. The molecule has 0 atom stereocenters. The predicted molar refractivity (Wildman–Crippen MR) is 50.2 cm³/mol. The Bertz CT molecular complexity index is 419. The predicted octanol–water partition coefficient (Wildman–Crippen LogP) is 2.42. The molecule has 1 aromatic rings. The summed E-state index contributed by atoms with van der Waals surface area (Å²) in [6, 6.07) is 0.898. The van der Waals surface area contributed by atoms with E-state index < -0.39 is 21.4 Å². The number of nitro benzene ring substituents is 1. The molecule has 0 saturated heterocycles. The van der Waals surface area contributed by atoms with Crippen LogP contribution in [0, 0.1) is 10.1 Å². The number of nitrogens with zero attached hydrogens (tertiary/aromatic N) is 1. The fraction of sp³-hybridized carbons (Fsp3) is 0. The zero-order valence-corrected chi connectivity index (χ0v) is 8.04. The molecule has 5 nitrogen and oxygen atoms in total. The minimum atomic E-state index is -0.822. The minimum absolute atomic E-state index is 0.223. The van der Waals surface area contributed by atoms with E-state index in [4.69, 9.17) is 28.3 Å². The van der Waals surface area contributed by atoms with Gasteiger partial charge in [-0.15, -0.1) is 0 Å². The number of benzene rings is 1. The Morgan fingerprint density at radius 2 is 2.07 bits per heavy atom. The monoisotopic (exact) mass is 235 g/mol. The average Bonchev–Trinajstić information content (AvgIpc) is 2.02. The van der Waals surface area contributed by atoms with Crippen molar-refractivity contribution in [2.24, 2.45) is 0 Å². The van der Waals surface area contributed by atoms with E-state index in [0.29, 0.717) is 0 Å². The molecule has 0 unspecified atom stereocenters. The molecule has 0 fully saturated rings. The summed E-state index contributed by atoms with van der Waals surface area (Å²) in [6.45, 7) is 0. The van der Waals surface area contributed by atoms with E-state index in [1.807, 2.05) is 0 Å². The number of rotatable bonds is 2. The lowest BCUT2D eigenvalue weighted by atomic mass is 10.2. The Balaban J connectivity index is 3.60. The molecule has 0 aliphatic heterocycles. The molecule has 1 aromatic carbocycles. The Morgan fingerprint density at radius 1 is 1.50 bits per heavy atom. The molecule has 0 amide bonds. The molecule has 14 heavy (non-hydrogen) atoms. The van der Waals surface area contributed by atoms with Gasteiger partial charge in [0.15, 0.2) is 6.29 Å². The van der Waals surface area contributed by atoms with Crippen molar-refractivity contribution in [3.05, 3.63) is 31.8 Å². The fourth-order valence-electron chi connectivity index (χ4n) is 0.890. The second kappa shape index (κ2) is 3.81. The van der Waals surface area contributed by atoms with Crippen LogP contribution in [0.5, 0.6) is 5.75 Å². The SMILES string of the molecule is O=Cc1c(O)cc(Cl)c([N+](=O)[O-])c1Cl. The van der Waals surface area contributed by atoms with Crippen molar-refractivity contribution in [3.63, 3.8) is 0 Å². The first-order valence-electron chi connectivity index (χ1n) is 3.29. The van der Waals surface area contributed by atoms with Gasteiger partial charge in [0.1, 0.15) is 15.8 Å². The van der Waals surface area contributed by atoms with E-state index in [1.54, 1.807) is 0 Å².